The van der Waals surface area contributed by atoms with Crippen molar-refractivity contribution in [3.05, 3.63) is 35.5 Å². The zero-order chi connectivity index (χ0) is 15.1. The van der Waals surface area contributed by atoms with Crippen molar-refractivity contribution < 1.29 is 18.3 Å². The lowest BCUT2D eigenvalue weighted by atomic mass is 10.1. The van der Waals surface area contributed by atoms with Crippen molar-refractivity contribution in [2.24, 2.45) is 0 Å². The highest BCUT2D eigenvalue weighted by Gasteiger charge is 2.31. The molecule has 0 saturated carbocycles. The number of benzene rings is 1. The molecule has 2 rings (SSSR count). The predicted octanol–water partition coefficient (Wildman–Crippen LogP) is 4.16. The summed E-state index contributed by atoms with van der Waals surface area (Å²) in [5.74, 6) is 0. The van der Waals surface area contributed by atoms with Gasteiger partial charge in [0, 0.05) is 23.7 Å². The average Bonchev–Trinajstić information content (AvgIpc) is 2.63. The highest BCUT2D eigenvalue weighted by atomic mass is 19.4. The summed E-state index contributed by atoms with van der Waals surface area (Å²) in [7, 11) is 0. The molecule has 20 heavy (non-hydrogen) atoms. The summed E-state index contributed by atoms with van der Waals surface area (Å²) in [6.07, 6.45) is -4.45. The van der Waals surface area contributed by atoms with Gasteiger partial charge in [-0.2, -0.15) is 13.2 Å². The minimum Gasteiger partial charge on any atom is -0.393 e. The maximum absolute atomic E-state index is 12.8. The standard InChI is InChI=1S/C15H18F3NO/c1-9(2)19-13(6-10(3)20)7-11-4-5-12(8-14(11)19)15(16,17)18/h4-5,7-10,20H,6H2,1-3H3. The quantitative estimate of drug-likeness (QED) is 0.899. The van der Waals surface area contributed by atoms with Crippen molar-refractivity contribution in [2.45, 2.75) is 45.5 Å². The summed E-state index contributed by atoms with van der Waals surface area (Å²) in [5.41, 5.74) is 0.767. The van der Waals surface area contributed by atoms with Crippen LogP contribution in [0.4, 0.5) is 13.2 Å². The molecule has 0 amide bonds. The van der Waals surface area contributed by atoms with Gasteiger partial charge in [-0.1, -0.05) is 6.07 Å². The van der Waals surface area contributed by atoms with E-state index in [1.54, 1.807) is 6.92 Å². The topological polar surface area (TPSA) is 25.2 Å². The first-order valence-corrected chi connectivity index (χ1v) is 6.59. The molecule has 110 valence electrons. The zero-order valence-corrected chi connectivity index (χ0v) is 11.7. The molecule has 1 aromatic carbocycles. The minimum atomic E-state index is -4.34. The van der Waals surface area contributed by atoms with E-state index >= 15 is 0 Å². The zero-order valence-electron chi connectivity index (χ0n) is 11.7. The van der Waals surface area contributed by atoms with E-state index in [4.69, 9.17) is 0 Å². The summed E-state index contributed by atoms with van der Waals surface area (Å²) >= 11 is 0. The molecule has 0 spiro atoms. The summed E-state index contributed by atoms with van der Waals surface area (Å²) in [6, 6.07) is 5.65. The van der Waals surface area contributed by atoms with E-state index in [9.17, 15) is 18.3 Å². The lowest BCUT2D eigenvalue weighted by Crippen LogP contribution is -2.12. The van der Waals surface area contributed by atoms with Gasteiger partial charge in [-0.25, -0.2) is 0 Å². The van der Waals surface area contributed by atoms with Gasteiger partial charge < -0.3 is 9.67 Å². The second-order valence-corrected chi connectivity index (χ2v) is 5.42. The Bertz CT molecular complexity index is 611. The van der Waals surface area contributed by atoms with Crippen LogP contribution >= 0.6 is 0 Å². The highest BCUT2D eigenvalue weighted by molar-refractivity contribution is 5.82. The number of alkyl halides is 3. The van der Waals surface area contributed by atoms with Crippen molar-refractivity contribution in [3.63, 3.8) is 0 Å². The fourth-order valence-corrected chi connectivity index (χ4v) is 2.52. The molecule has 0 aliphatic rings. The Morgan fingerprint density at radius 2 is 1.80 bits per heavy atom. The van der Waals surface area contributed by atoms with E-state index in [0.717, 1.165) is 17.1 Å². The third kappa shape index (κ3) is 2.82. The lowest BCUT2D eigenvalue weighted by molar-refractivity contribution is -0.137. The Kier molecular flexibility index (Phi) is 3.82. The lowest BCUT2D eigenvalue weighted by Gasteiger charge is -2.16. The summed E-state index contributed by atoms with van der Waals surface area (Å²) in [5, 5.41) is 10.3. The normalized spacial score (nSPS) is 14.2. The molecule has 1 unspecified atom stereocenters. The molecule has 1 N–H and O–H groups in total. The maximum atomic E-state index is 12.8. The molecule has 2 nitrogen and oxygen atoms in total. The third-order valence-corrected chi connectivity index (χ3v) is 3.27. The fraction of sp³-hybridized carbons (Fsp3) is 0.467. The van der Waals surface area contributed by atoms with E-state index in [0.29, 0.717) is 11.9 Å². The van der Waals surface area contributed by atoms with E-state index in [-0.39, 0.29) is 6.04 Å². The number of halogens is 3. The van der Waals surface area contributed by atoms with Gasteiger partial charge in [-0.3, -0.25) is 0 Å². The van der Waals surface area contributed by atoms with Crippen LogP contribution in [0.3, 0.4) is 0 Å². The molecule has 0 aliphatic heterocycles. The average molecular weight is 285 g/mol. The number of rotatable bonds is 3. The third-order valence-electron chi connectivity index (χ3n) is 3.27. The SMILES string of the molecule is CC(O)Cc1cc2ccc(C(F)(F)F)cc2n1C(C)C. The second kappa shape index (κ2) is 5.13. The van der Waals surface area contributed by atoms with Crippen LogP contribution in [-0.2, 0) is 12.6 Å². The molecule has 0 radical (unpaired) electrons. The van der Waals surface area contributed by atoms with Crippen molar-refractivity contribution in [3.8, 4) is 0 Å². The van der Waals surface area contributed by atoms with Gasteiger partial charge in [0.1, 0.15) is 0 Å². The van der Waals surface area contributed by atoms with Crippen molar-refractivity contribution in [1.82, 2.24) is 4.57 Å². The van der Waals surface area contributed by atoms with Crippen LogP contribution in [0.15, 0.2) is 24.3 Å². The molecular weight excluding hydrogens is 267 g/mol. The first kappa shape index (κ1) is 14.9. The van der Waals surface area contributed by atoms with Gasteiger partial charge in [0.25, 0.3) is 0 Å². The Hall–Kier alpha value is -1.49. The van der Waals surface area contributed by atoms with Crippen molar-refractivity contribution >= 4 is 10.9 Å². The number of aliphatic hydroxyl groups is 1. The van der Waals surface area contributed by atoms with Crippen LogP contribution in [-0.4, -0.2) is 15.8 Å². The van der Waals surface area contributed by atoms with E-state index in [1.165, 1.54) is 12.1 Å². The van der Waals surface area contributed by atoms with Crippen LogP contribution in [0, 0.1) is 0 Å². The Morgan fingerprint density at radius 3 is 2.30 bits per heavy atom. The monoisotopic (exact) mass is 285 g/mol. The first-order valence-electron chi connectivity index (χ1n) is 6.59. The molecular formula is C15H18F3NO. The molecule has 0 aliphatic carbocycles. The van der Waals surface area contributed by atoms with Crippen LogP contribution in [0.5, 0.6) is 0 Å². The Morgan fingerprint density at radius 1 is 1.15 bits per heavy atom. The molecule has 1 heterocycles. The van der Waals surface area contributed by atoms with Crippen LogP contribution in [0.2, 0.25) is 0 Å². The fourth-order valence-electron chi connectivity index (χ4n) is 2.52. The van der Waals surface area contributed by atoms with Gasteiger partial charge in [0.2, 0.25) is 0 Å². The van der Waals surface area contributed by atoms with E-state index in [1.807, 2.05) is 24.5 Å². The summed E-state index contributed by atoms with van der Waals surface area (Å²) < 4.78 is 40.3. The number of aromatic nitrogens is 1. The van der Waals surface area contributed by atoms with Crippen LogP contribution < -0.4 is 0 Å². The van der Waals surface area contributed by atoms with Gasteiger partial charge in [-0.15, -0.1) is 0 Å². The van der Waals surface area contributed by atoms with Gasteiger partial charge in [-0.05, 0) is 44.4 Å². The highest BCUT2D eigenvalue weighted by Crippen LogP contribution is 2.33. The van der Waals surface area contributed by atoms with Gasteiger partial charge >= 0.3 is 6.18 Å². The molecule has 5 heteroatoms. The van der Waals surface area contributed by atoms with Gasteiger partial charge in [0.15, 0.2) is 0 Å². The molecule has 2 aromatic rings. The minimum absolute atomic E-state index is 0.0322. The number of hydrogen-bond donors (Lipinski definition) is 1. The Labute approximate surface area is 115 Å². The molecule has 1 aromatic heterocycles. The van der Waals surface area contributed by atoms with Crippen LogP contribution in [0.1, 0.15) is 38.1 Å². The number of nitrogens with zero attached hydrogens (tertiary/aromatic N) is 1. The van der Waals surface area contributed by atoms with E-state index < -0.39 is 17.8 Å². The maximum Gasteiger partial charge on any atom is 0.416 e. The molecule has 0 saturated heterocycles. The number of hydrogen-bond acceptors (Lipinski definition) is 1. The van der Waals surface area contributed by atoms with Crippen molar-refractivity contribution in [2.75, 3.05) is 0 Å². The largest absolute Gasteiger partial charge is 0.416 e. The second-order valence-electron chi connectivity index (χ2n) is 5.42. The molecule has 0 fully saturated rings. The molecule has 1 atom stereocenters. The predicted molar refractivity (Wildman–Crippen MR) is 72.7 cm³/mol. The van der Waals surface area contributed by atoms with Crippen LogP contribution in [0.25, 0.3) is 10.9 Å². The first-order chi connectivity index (χ1) is 9.20. The smallest absolute Gasteiger partial charge is 0.393 e. The number of fused-ring (bicyclic) bond motifs is 1. The Balaban J connectivity index is 2.64. The van der Waals surface area contributed by atoms with Crippen molar-refractivity contribution in [1.29, 1.82) is 0 Å². The number of aliphatic hydroxyl groups excluding tert-OH is 1. The van der Waals surface area contributed by atoms with Gasteiger partial charge in [0.05, 0.1) is 11.7 Å². The van der Waals surface area contributed by atoms with E-state index in [2.05, 4.69) is 0 Å². The molecule has 0 bridgehead atoms. The summed E-state index contributed by atoms with van der Waals surface area (Å²) in [6.45, 7) is 5.51. The summed E-state index contributed by atoms with van der Waals surface area (Å²) in [4.78, 5) is 0.